The average Bonchev–Trinajstić information content (AvgIpc) is 4.16. The van der Waals surface area contributed by atoms with Gasteiger partial charge in [0.25, 0.3) is 5.56 Å². The molecule has 0 aliphatic heterocycles. The number of amides is 2. The summed E-state index contributed by atoms with van der Waals surface area (Å²) in [6.45, 7) is 20.7. The highest BCUT2D eigenvalue weighted by atomic mass is 35.5. The molecule has 2 aromatic carbocycles. The van der Waals surface area contributed by atoms with E-state index < -0.39 is 62.9 Å². The molecule has 0 aliphatic carbocycles. The molecule has 0 fully saturated rings. The first-order valence-corrected chi connectivity index (χ1v) is 26.3. The molecule has 30 heteroatoms. The summed E-state index contributed by atoms with van der Waals surface area (Å²) >= 11 is 15.5. The van der Waals surface area contributed by atoms with Crippen molar-refractivity contribution in [1.82, 2.24) is 49.1 Å². The number of nitro groups is 1. The van der Waals surface area contributed by atoms with E-state index in [1.807, 2.05) is 0 Å². The van der Waals surface area contributed by atoms with Crippen LogP contribution in [0.4, 0.5) is 52.2 Å². The summed E-state index contributed by atoms with van der Waals surface area (Å²) in [5, 5.41) is 38.0. The molecule has 0 aliphatic rings. The van der Waals surface area contributed by atoms with Crippen molar-refractivity contribution in [3.05, 3.63) is 102 Å². The third-order valence-corrected chi connectivity index (χ3v) is 13.1. The zero-order valence-electron chi connectivity index (χ0n) is 45.6. The lowest BCUT2D eigenvalue weighted by molar-refractivity contribution is -0.386. The Morgan fingerprint density at radius 3 is 1.35 bits per heavy atom. The van der Waals surface area contributed by atoms with Crippen LogP contribution in [0.5, 0.6) is 0 Å². The summed E-state index contributed by atoms with van der Waals surface area (Å²) in [7, 11) is 2.95. The van der Waals surface area contributed by atoms with Gasteiger partial charge in [0.15, 0.2) is 10.0 Å². The van der Waals surface area contributed by atoms with Crippen LogP contribution in [0.15, 0.2) is 70.8 Å². The molecule has 8 rings (SSSR count). The third-order valence-electron chi connectivity index (χ3n) is 10.4. The first-order chi connectivity index (χ1) is 37.0. The van der Waals surface area contributed by atoms with Gasteiger partial charge in [-0.3, -0.25) is 19.7 Å². The van der Waals surface area contributed by atoms with Gasteiger partial charge in [0.1, 0.15) is 22.4 Å². The lowest BCUT2D eigenvalue weighted by Crippen LogP contribution is -2.34. The van der Waals surface area contributed by atoms with Crippen LogP contribution in [-0.2, 0) is 33.0 Å². The Labute approximate surface area is 474 Å². The Bertz CT molecular complexity index is 3870. The maximum atomic E-state index is 13.5. The number of nitrogens with zero attached hydrogens (tertiary/aromatic N) is 13. The van der Waals surface area contributed by atoms with Crippen LogP contribution in [0.25, 0.3) is 42.9 Å². The van der Waals surface area contributed by atoms with E-state index in [0.29, 0.717) is 32.4 Å². The minimum Gasteiger partial charge on any atom is -0.443 e. The Morgan fingerprint density at radius 2 is 0.988 bits per heavy atom. The molecule has 80 heavy (non-hydrogen) atoms. The molecular formula is C50H56Cl2N14O12S2. The molecule has 2 amide bonds. The molecule has 6 aromatic heterocycles. The quantitative estimate of drug-likeness (QED) is 0.0880. The van der Waals surface area contributed by atoms with Gasteiger partial charge in [0.2, 0.25) is 10.3 Å². The first kappa shape index (κ1) is 59.3. The maximum absolute atomic E-state index is 13.5. The Morgan fingerprint density at radius 1 is 0.613 bits per heavy atom. The molecule has 0 unspecified atom stereocenters. The van der Waals surface area contributed by atoms with E-state index in [0.717, 1.165) is 47.6 Å². The zero-order chi connectivity index (χ0) is 59.3. The van der Waals surface area contributed by atoms with Gasteiger partial charge >= 0.3 is 35.6 Å². The number of aromatic nitrogens is 10. The minimum atomic E-state index is -0.890. The normalized spacial score (nSPS) is 11.9. The van der Waals surface area contributed by atoms with E-state index in [4.69, 9.17) is 47.9 Å². The minimum absolute atomic E-state index is 0. The fourth-order valence-corrected chi connectivity index (χ4v) is 9.42. The van der Waals surface area contributed by atoms with Gasteiger partial charge in [-0.05, 0) is 113 Å². The Kier molecular flexibility index (Phi) is 16.4. The van der Waals surface area contributed by atoms with Crippen LogP contribution >= 0.6 is 45.9 Å². The molecule has 0 saturated heterocycles. The molecule has 2 N–H and O–H groups in total. The maximum Gasteiger partial charge on any atom is 0.435 e. The van der Waals surface area contributed by atoms with Crippen molar-refractivity contribution in [3.63, 3.8) is 0 Å². The number of nitrogens with two attached hydrogens (primary N) is 1. The molecular weight excluding hydrogens is 1120 g/mol. The summed E-state index contributed by atoms with van der Waals surface area (Å²) in [6.07, 6.45) is 2.78. The van der Waals surface area contributed by atoms with Crippen molar-refractivity contribution in [2.24, 2.45) is 14.1 Å². The smallest absolute Gasteiger partial charge is 0.435 e. The predicted octanol–water partition coefficient (Wildman–Crippen LogP) is 11.3. The van der Waals surface area contributed by atoms with Gasteiger partial charge in [0, 0.05) is 55.9 Å². The average molecular weight is 1180 g/mol. The number of rotatable bonds is 7. The number of pyridine rings is 2. The number of hydrogen-bond acceptors (Lipinski definition) is 21. The second-order valence-electron chi connectivity index (χ2n) is 21.5. The lowest BCUT2D eigenvalue weighted by Gasteiger charge is -2.26. The van der Waals surface area contributed by atoms with Crippen LogP contribution in [0, 0.1) is 10.1 Å². The number of anilines is 5. The summed E-state index contributed by atoms with van der Waals surface area (Å²) in [4.78, 5) is 89.3. The topological polar surface area (TPSA) is 312 Å². The van der Waals surface area contributed by atoms with Gasteiger partial charge in [-0.25, -0.2) is 29.0 Å². The summed E-state index contributed by atoms with van der Waals surface area (Å²) in [5.74, 6) is 0. The van der Waals surface area contributed by atoms with Crippen molar-refractivity contribution < 1.29 is 44.5 Å². The fourth-order valence-electron chi connectivity index (χ4n) is 7.18. The highest BCUT2D eigenvalue weighted by Crippen LogP contribution is 2.43. The van der Waals surface area contributed by atoms with Crippen LogP contribution < -0.4 is 26.7 Å². The SMILES string of the molecule is Cn1cc(-c2nnc(N(C(=O)OC(C)(C)C)c3ccc4c(cnn4C(=O)OC(C)(C)C)c3Cl)s2)cc(N)c1=O.Cn1cc(-c2nnc(N(C(=O)OC(C)(C)C)c3ccc4c(cnn4C(=O)OC(C)(C)C)c3Cl)s2)cc([N+](=O)[O-])c1=O.[HH]. The van der Waals surface area contributed by atoms with E-state index in [2.05, 4.69) is 30.6 Å². The highest BCUT2D eigenvalue weighted by molar-refractivity contribution is 7.19. The molecule has 0 bridgehead atoms. The van der Waals surface area contributed by atoms with Crippen molar-refractivity contribution >= 4 is 125 Å². The van der Waals surface area contributed by atoms with E-state index in [1.54, 1.807) is 115 Å². The van der Waals surface area contributed by atoms with Gasteiger partial charge in [-0.15, -0.1) is 20.4 Å². The number of carbonyl (C=O) groups excluding carboxylic acids is 4. The van der Waals surface area contributed by atoms with Crippen LogP contribution in [-0.4, -0.2) is 101 Å². The van der Waals surface area contributed by atoms with Gasteiger partial charge in [0.05, 0.1) is 55.5 Å². The number of hydrogen-bond donors (Lipinski definition) is 1. The number of nitrogen functional groups attached to an aromatic ring is 1. The van der Waals surface area contributed by atoms with Gasteiger partial charge < -0.3 is 33.8 Å². The number of halogens is 2. The van der Waals surface area contributed by atoms with Crippen LogP contribution in [0.1, 0.15) is 84.5 Å². The molecule has 0 spiro atoms. The van der Waals surface area contributed by atoms with E-state index >= 15 is 0 Å². The molecule has 0 atom stereocenters. The fraction of sp³-hybridized carbons (Fsp3) is 0.360. The molecule has 424 valence electrons. The number of benzene rings is 2. The molecule has 0 radical (unpaired) electrons. The van der Waals surface area contributed by atoms with E-state index in [9.17, 15) is 38.9 Å². The summed E-state index contributed by atoms with van der Waals surface area (Å²) in [5.41, 5.74) is 2.85. The standard InChI is InChI=1S/C25H26ClN7O7S.C25H28ClN7O5S.H2/c1-24(2,3)39-22(35)31(21-29-28-19(41-21)13-10-17(33(37)38)20(34)30(7)12-13)16-9-8-15-14(18(16)26)11-27-32(15)23(36)40-25(4,5)6;1-24(2,3)37-22(35)32(21-30-29-19(39-21)13-10-15(27)20(34)31(7)12-13)17-9-8-16-14(18(17)26)11-28-33(16)23(36)38-25(4,5)6;/h8-12H,1-7H3;8-12H,27H2,1-7H3;1H. The van der Waals surface area contributed by atoms with Crippen molar-refractivity contribution in [1.29, 1.82) is 0 Å². The van der Waals surface area contributed by atoms with Crippen molar-refractivity contribution in [2.75, 3.05) is 15.5 Å². The van der Waals surface area contributed by atoms with Gasteiger partial charge in [-0.1, -0.05) is 45.9 Å². The molecule has 0 saturated carbocycles. The second kappa shape index (κ2) is 22.1. The van der Waals surface area contributed by atoms with E-state index in [1.165, 1.54) is 47.2 Å². The van der Waals surface area contributed by atoms with E-state index in [-0.39, 0.29) is 54.9 Å². The lowest BCUT2D eigenvalue weighted by atomic mass is 10.2. The number of ether oxygens (including phenoxy) is 4. The third kappa shape index (κ3) is 13.2. The van der Waals surface area contributed by atoms with Gasteiger partial charge in [-0.2, -0.15) is 19.6 Å². The zero-order valence-corrected chi connectivity index (χ0v) is 48.8. The van der Waals surface area contributed by atoms with Crippen molar-refractivity contribution in [2.45, 2.75) is 105 Å². The second-order valence-corrected chi connectivity index (χ2v) is 24.2. The molecule has 8 aromatic rings. The molecule has 6 heterocycles. The summed E-state index contributed by atoms with van der Waals surface area (Å²) < 4.78 is 26.7. The predicted molar refractivity (Wildman–Crippen MR) is 304 cm³/mol. The van der Waals surface area contributed by atoms with Crippen LogP contribution in [0.2, 0.25) is 10.0 Å². The Balaban J connectivity index is 0.000000258. The summed E-state index contributed by atoms with van der Waals surface area (Å²) in [6, 6.07) is 8.78. The monoisotopic (exact) mass is 1180 g/mol. The van der Waals surface area contributed by atoms with Crippen molar-refractivity contribution in [3.8, 4) is 21.1 Å². The number of fused-ring (bicyclic) bond motifs is 2. The highest BCUT2D eigenvalue weighted by Gasteiger charge is 2.34. The van der Waals surface area contributed by atoms with Crippen LogP contribution in [0.3, 0.4) is 0 Å². The number of carbonyl (C=O) groups is 4. The largest absolute Gasteiger partial charge is 0.443 e. The Hall–Kier alpha value is -8.34. The molecule has 26 nitrogen and oxygen atoms in total. The number of aryl methyl sites for hydroxylation is 2. The first-order valence-electron chi connectivity index (χ1n) is 23.9.